The fourth-order valence-corrected chi connectivity index (χ4v) is 5.31. The zero-order chi connectivity index (χ0) is 15.3. The average Bonchev–Trinajstić information content (AvgIpc) is 2.54. The Morgan fingerprint density at radius 3 is 2.86 bits per heavy atom. The molecule has 0 amide bonds. The first-order chi connectivity index (χ1) is 10.6. The van der Waals surface area contributed by atoms with Gasteiger partial charge in [0.2, 0.25) is 0 Å². The molecule has 3 aliphatic carbocycles. The number of rotatable bonds is 1. The molecule has 0 heterocycles. The van der Waals surface area contributed by atoms with E-state index in [0.29, 0.717) is 11.3 Å². The molecule has 0 saturated heterocycles. The van der Waals surface area contributed by atoms with Gasteiger partial charge in [0.25, 0.3) is 0 Å². The predicted molar refractivity (Wildman–Crippen MR) is 88.9 cm³/mol. The summed E-state index contributed by atoms with van der Waals surface area (Å²) in [5.41, 5.74) is 6.44. The topological polar surface area (TPSA) is 29.5 Å². The van der Waals surface area contributed by atoms with E-state index >= 15 is 0 Å². The maximum absolute atomic E-state index is 10.1. The molecule has 1 N–H and O–H groups in total. The van der Waals surface area contributed by atoms with Crippen molar-refractivity contribution >= 4 is 5.57 Å². The van der Waals surface area contributed by atoms with Crippen molar-refractivity contribution in [3.8, 4) is 5.75 Å². The lowest BCUT2D eigenvalue weighted by atomic mass is 9.55. The van der Waals surface area contributed by atoms with E-state index in [9.17, 15) is 5.11 Å². The van der Waals surface area contributed by atoms with E-state index in [4.69, 9.17) is 4.74 Å². The molecule has 0 bridgehead atoms. The minimum Gasteiger partial charge on any atom is -0.496 e. The van der Waals surface area contributed by atoms with Gasteiger partial charge >= 0.3 is 0 Å². The largest absolute Gasteiger partial charge is 0.496 e. The van der Waals surface area contributed by atoms with Crippen molar-refractivity contribution in [2.45, 2.75) is 58.0 Å². The van der Waals surface area contributed by atoms with Gasteiger partial charge < -0.3 is 9.84 Å². The summed E-state index contributed by atoms with van der Waals surface area (Å²) < 4.78 is 5.58. The van der Waals surface area contributed by atoms with Crippen LogP contribution in [0.2, 0.25) is 0 Å². The average molecular weight is 298 g/mol. The van der Waals surface area contributed by atoms with Crippen LogP contribution in [0.1, 0.15) is 56.6 Å². The Balaban J connectivity index is 1.81. The second-order valence-corrected chi connectivity index (χ2v) is 7.52. The summed E-state index contributed by atoms with van der Waals surface area (Å²) in [6.07, 6.45) is 7.71. The van der Waals surface area contributed by atoms with Crippen molar-refractivity contribution in [2.24, 2.45) is 11.3 Å². The van der Waals surface area contributed by atoms with E-state index in [1.807, 2.05) is 0 Å². The Morgan fingerprint density at radius 1 is 1.18 bits per heavy atom. The number of hydrogen-bond acceptors (Lipinski definition) is 2. The number of methoxy groups -OCH3 is 1. The van der Waals surface area contributed by atoms with Crippen LogP contribution in [0, 0.1) is 11.3 Å². The van der Waals surface area contributed by atoms with Gasteiger partial charge in [-0.15, -0.1) is 0 Å². The Bertz CT molecular complexity index is 631. The summed E-state index contributed by atoms with van der Waals surface area (Å²) in [4.78, 5) is 0. The van der Waals surface area contributed by atoms with Gasteiger partial charge in [-0.05, 0) is 73.5 Å². The molecule has 1 fully saturated rings. The molecule has 4 rings (SSSR count). The number of fused-ring (bicyclic) bond motifs is 4. The molecular formula is C20H26O2. The number of aliphatic hydroxyl groups is 1. The molecule has 2 nitrogen and oxygen atoms in total. The standard InChI is InChI=1S/C20H26O2/c1-20-11-10-14(21)12-13(20)6-7-16-15-4-3-5-19(22-2)17(15)8-9-18(16)20/h3-5,13-14,21H,6-12H2,1-2H3/t13-,14+,20-/m1/s1. The molecule has 1 aromatic rings. The second kappa shape index (κ2) is 5.13. The van der Waals surface area contributed by atoms with E-state index in [1.165, 1.54) is 30.4 Å². The maximum atomic E-state index is 10.1. The van der Waals surface area contributed by atoms with Gasteiger partial charge in [-0.2, -0.15) is 0 Å². The zero-order valence-corrected chi connectivity index (χ0v) is 13.7. The molecule has 2 heteroatoms. The van der Waals surface area contributed by atoms with Crippen molar-refractivity contribution in [3.05, 3.63) is 34.9 Å². The summed E-state index contributed by atoms with van der Waals surface area (Å²) in [6.45, 7) is 2.46. The lowest BCUT2D eigenvalue weighted by molar-refractivity contribution is 0.0290. The van der Waals surface area contributed by atoms with Crippen LogP contribution in [0.15, 0.2) is 23.8 Å². The Hall–Kier alpha value is -1.28. The second-order valence-electron chi connectivity index (χ2n) is 7.52. The van der Waals surface area contributed by atoms with E-state index in [-0.39, 0.29) is 6.10 Å². The summed E-state index contributed by atoms with van der Waals surface area (Å²) in [7, 11) is 1.78. The molecule has 1 aromatic carbocycles. The summed E-state index contributed by atoms with van der Waals surface area (Å²) >= 11 is 0. The zero-order valence-electron chi connectivity index (χ0n) is 13.7. The molecule has 0 aliphatic heterocycles. The van der Waals surface area contributed by atoms with Gasteiger partial charge in [-0.3, -0.25) is 0 Å². The van der Waals surface area contributed by atoms with Crippen LogP contribution >= 0.6 is 0 Å². The van der Waals surface area contributed by atoms with Crippen molar-refractivity contribution in [1.29, 1.82) is 0 Å². The normalized spacial score (nSPS) is 33.8. The van der Waals surface area contributed by atoms with Crippen molar-refractivity contribution in [2.75, 3.05) is 7.11 Å². The lowest BCUT2D eigenvalue weighted by Crippen LogP contribution is -2.41. The minimum atomic E-state index is -0.0730. The van der Waals surface area contributed by atoms with Crippen LogP contribution in [0.3, 0.4) is 0 Å². The van der Waals surface area contributed by atoms with Gasteiger partial charge in [-0.25, -0.2) is 0 Å². The van der Waals surface area contributed by atoms with E-state index in [0.717, 1.165) is 31.4 Å². The number of hydrogen-bond donors (Lipinski definition) is 1. The molecule has 0 unspecified atom stereocenters. The van der Waals surface area contributed by atoms with Gasteiger partial charge in [0.1, 0.15) is 5.75 Å². The lowest BCUT2D eigenvalue weighted by Gasteiger charge is -2.50. The first-order valence-electron chi connectivity index (χ1n) is 8.70. The highest BCUT2D eigenvalue weighted by atomic mass is 16.5. The summed E-state index contributed by atoms with van der Waals surface area (Å²) in [5, 5.41) is 10.1. The Kier molecular flexibility index (Phi) is 3.34. The molecule has 0 aromatic heterocycles. The van der Waals surface area contributed by atoms with Crippen molar-refractivity contribution in [3.63, 3.8) is 0 Å². The molecular weight excluding hydrogens is 272 g/mol. The monoisotopic (exact) mass is 298 g/mol. The van der Waals surface area contributed by atoms with Crippen LogP contribution in [0.25, 0.3) is 5.57 Å². The molecule has 22 heavy (non-hydrogen) atoms. The molecule has 118 valence electrons. The number of aliphatic hydroxyl groups excluding tert-OH is 1. The third-order valence-corrected chi connectivity index (χ3v) is 6.55. The van der Waals surface area contributed by atoms with Crippen LogP contribution < -0.4 is 4.74 Å². The summed E-state index contributed by atoms with van der Waals surface area (Å²) in [6, 6.07) is 6.51. The first kappa shape index (κ1) is 14.3. The van der Waals surface area contributed by atoms with Crippen LogP contribution in [-0.2, 0) is 6.42 Å². The maximum Gasteiger partial charge on any atom is 0.122 e. The highest BCUT2D eigenvalue weighted by molar-refractivity contribution is 5.76. The first-order valence-corrected chi connectivity index (χ1v) is 8.70. The van der Waals surface area contributed by atoms with Crippen molar-refractivity contribution < 1.29 is 9.84 Å². The molecule has 3 aliphatic rings. The Morgan fingerprint density at radius 2 is 2.05 bits per heavy atom. The third kappa shape index (κ3) is 1.96. The fourth-order valence-electron chi connectivity index (χ4n) is 5.31. The molecule has 0 spiro atoms. The third-order valence-electron chi connectivity index (χ3n) is 6.55. The smallest absolute Gasteiger partial charge is 0.122 e. The molecule has 0 radical (unpaired) electrons. The summed E-state index contributed by atoms with van der Waals surface area (Å²) in [5.74, 6) is 1.72. The van der Waals surface area contributed by atoms with Gasteiger partial charge in [0.15, 0.2) is 0 Å². The predicted octanol–water partition coefficient (Wildman–Crippen LogP) is 4.36. The number of ether oxygens (including phenoxy) is 1. The quantitative estimate of drug-likeness (QED) is 0.835. The number of allylic oxidation sites excluding steroid dienone is 2. The van der Waals surface area contributed by atoms with Gasteiger partial charge in [0, 0.05) is 5.56 Å². The van der Waals surface area contributed by atoms with Gasteiger partial charge in [-0.1, -0.05) is 24.6 Å². The minimum absolute atomic E-state index is 0.0730. The van der Waals surface area contributed by atoms with E-state index in [2.05, 4.69) is 25.1 Å². The highest BCUT2D eigenvalue weighted by Crippen LogP contribution is 2.57. The van der Waals surface area contributed by atoms with E-state index in [1.54, 1.807) is 18.3 Å². The SMILES string of the molecule is COc1cccc2c1CCC1=C2CC[C@@H]2C[C@@H](O)CC[C@@]12C. The van der Waals surface area contributed by atoms with Gasteiger partial charge in [0.05, 0.1) is 13.2 Å². The molecule has 1 saturated carbocycles. The van der Waals surface area contributed by atoms with Crippen LogP contribution in [-0.4, -0.2) is 18.3 Å². The van der Waals surface area contributed by atoms with Crippen LogP contribution in [0.5, 0.6) is 5.75 Å². The molecule has 3 atom stereocenters. The van der Waals surface area contributed by atoms with Crippen molar-refractivity contribution in [1.82, 2.24) is 0 Å². The highest BCUT2D eigenvalue weighted by Gasteiger charge is 2.46. The Labute approximate surface area is 133 Å². The van der Waals surface area contributed by atoms with E-state index < -0.39 is 0 Å². The number of benzene rings is 1. The van der Waals surface area contributed by atoms with Crippen LogP contribution in [0.4, 0.5) is 0 Å². The fraction of sp³-hybridized carbons (Fsp3) is 0.600.